The van der Waals surface area contributed by atoms with Crippen molar-refractivity contribution in [3.8, 4) is 0 Å². The van der Waals surface area contributed by atoms with E-state index in [1.807, 2.05) is 0 Å². The summed E-state index contributed by atoms with van der Waals surface area (Å²) in [5.74, 6) is -2.02. The van der Waals surface area contributed by atoms with Crippen molar-refractivity contribution in [2.45, 2.75) is 6.54 Å². The Bertz CT molecular complexity index is 605. The molecule has 1 aromatic heterocycles. The van der Waals surface area contributed by atoms with Crippen LogP contribution in [0.2, 0.25) is 0 Å². The maximum atomic E-state index is 13.5. The largest absolute Gasteiger partial charge is 0.380 e. The molecule has 2 rings (SSSR count). The van der Waals surface area contributed by atoms with E-state index in [-0.39, 0.29) is 12.1 Å². The number of benzene rings is 1. The van der Waals surface area contributed by atoms with Gasteiger partial charge in [0.2, 0.25) is 5.82 Å². The van der Waals surface area contributed by atoms with Gasteiger partial charge in [-0.15, -0.1) is 0 Å². The van der Waals surface area contributed by atoms with E-state index < -0.39 is 22.2 Å². The number of rotatable bonds is 4. The molecular weight excluding hydrogens is 256 g/mol. The highest BCUT2D eigenvalue weighted by molar-refractivity contribution is 5.43. The van der Waals surface area contributed by atoms with Crippen LogP contribution in [-0.4, -0.2) is 9.91 Å². The molecule has 19 heavy (non-hydrogen) atoms. The van der Waals surface area contributed by atoms with E-state index >= 15 is 0 Å². The van der Waals surface area contributed by atoms with Crippen molar-refractivity contribution in [1.82, 2.24) is 4.98 Å². The second kappa shape index (κ2) is 5.38. The fraction of sp³-hybridized carbons (Fsp3) is 0.0833. The van der Waals surface area contributed by atoms with Crippen LogP contribution in [0.5, 0.6) is 0 Å². The van der Waals surface area contributed by atoms with Crippen molar-refractivity contribution in [1.29, 1.82) is 0 Å². The zero-order valence-corrected chi connectivity index (χ0v) is 9.64. The van der Waals surface area contributed by atoms with Gasteiger partial charge in [-0.1, -0.05) is 0 Å². The lowest BCUT2D eigenvalue weighted by molar-refractivity contribution is -0.387. The SMILES string of the molecule is O=[N+]([O-])c1cc(CNc2cccnc2)c(F)cc1F. The molecule has 0 bridgehead atoms. The molecule has 1 N–H and O–H groups in total. The minimum atomic E-state index is -1.19. The number of anilines is 1. The Morgan fingerprint density at radius 1 is 1.32 bits per heavy atom. The number of nitrogens with one attached hydrogen (secondary N) is 1. The van der Waals surface area contributed by atoms with E-state index in [0.29, 0.717) is 11.8 Å². The van der Waals surface area contributed by atoms with Crippen molar-refractivity contribution in [3.63, 3.8) is 0 Å². The Morgan fingerprint density at radius 2 is 2.11 bits per heavy atom. The molecule has 1 aromatic carbocycles. The Labute approximate surface area is 107 Å². The van der Waals surface area contributed by atoms with Crippen LogP contribution in [0.3, 0.4) is 0 Å². The third kappa shape index (κ3) is 3.01. The molecule has 0 saturated heterocycles. The number of nitro benzene ring substituents is 1. The molecule has 98 valence electrons. The zero-order valence-electron chi connectivity index (χ0n) is 9.64. The van der Waals surface area contributed by atoms with Crippen LogP contribution >= 0.6 is 0 Å². The maximum Gasteiger partial charge on any atom is 0.305 e. The minimum Gasteiger partial charge on any atom is -0.380 e. The Kier molecular flexibility index (Phi) is 3.65. The molecule has 0 spiro atoms. The number of nitrogens with zero attached hydrogens (tertiary/aromatic N) is 2. The lowest BCUT2D eigenvalue weighted by atomic mass is 10.1. The predicted octanol–water partition coefficient (Wildman–Crippen LogP) is 2.88. The highest BCUT2D eigenvalue weighted by atomic mass is 19.1. The van der Waals surface area contributed by atoms with Crippen LogP contribution in [-0.2, 0) is 6.54 Å². The van der Waals surface area contributed by atoms with Gasteiger partial charge < -0.3 is 5.32 Å². The first kappa shape index (κ1) is 12.9. The summed E-state index contributed by atoms with van der Waals surface area (Å²) in [5.41, 5.74) is -0.102. The second-order valence-electron chi connectivity index (χ2n) is 3.75. The standard InChI is InChI=1S/C12H9F2N3O2/c13-10-5-11(14)12(17(18)19)4-8(10)6-16-9-2-1-3-15-7-9/h1-5,7,16H,6H2. The second-order valence-corrected chi connectivity index (χ2v) is 3.75. The van der Waals surface area contributed by atoms with Crippen molar-refractivity contribution >= 4 is 11.4 Å². The molecule has 0 radical (unpaired) electrons. The summed E-state index contributed by atoms with van der Waals surface area (Å²) < 4.78 is 26.6. The predicted molar refractivity (Wildman–Crippen MR) is 64.6 cm³/mol. The van der Waals surface area contributed by atoms with Gasteiger partial charge >= 0.3 is 5.69 Å². The van der Waals surface area contributed by atoms with E-state index in [2.05, 4.69) is 10.3 Å². The molecule has 0 aliphatic carbocycles. The van der Waals surface area contributed by atoms with Gasteiger partial charge in [-0.05, 0) is 12.1 Å². The average Bonchev–Trinajstić information content (AvgIpc) is 2.38. The van der Waals surface area contributed by atoms with Gasteiger partial charge in [0.1, 0.15) is 5.82 Å². The Morgan fingerprint density at radius 3 is 2.74 bits per heavy atom. The van der Waals surface area contributed by atoms with Crippen LogP contribution in [0, 0.1) is 21.7 Å². The molecule has 0 unspecified atom stereocenters. The molecular formula is C12H9F2N3O2. The van der Waals surface area contributed by atoms with Crippen molar-refractivity contribution in [2.75, 3.05) is 5.32 Å². The molecule has 7 heteroatoms. The summed E-state index contributed by atoms with van der Waals surface area (Å²) in [6, 6.07) is 4.79. The fourth-order valence-electron chi connectivity index (χ4n) is 1.52. The number of pyridine rings is 1. The van der Waals surface area contributed by atoms with E-state index in [9.17, 15) is 18.9 Å². The number of hydrogen-bond acceptors (Lipinski definition) is 4. The molecule has 0 atom stereocenters. The van der Waals surface area contributed by atoms with E-state index in [1.165, 1.54) is 6.20 Å². The lowest BCUT2D eigenvalue weighted by Gasteiger charge is -2.07. The van der Waals surface area contributed by atoms with E-state index in [4.69, 9.17) is 0 Å². The molecule has 0 aliphatic rings. The van der Waals surface area contributed by atoms with Crippen LogP contribution in [0.15, 0.2) is 36.7 Å². The molecule has 0 amide bonds. The van der Waals surface area contributed by atoms with Crippen LogP contribution < -0.4 is 5.32 Å². The lowest BCUT2D eigenvalue weighted by Crippen LogP contribution is -2.04. The summed E-state index contributed by atoms with van der Waals surface area (Å²) in [4.78, 5) is 13.5. The fourth-order valence-corrected chi connectivity index (χ4v) is 1.52. The van der Waals surface area contributed by atoms with Gasteiger partial charge in [0.05, 0.1) is 10.6 Å². The van der Waals surface area contributed by atoms with Gasteiger partial charge in [-0.2, -0.15) is 4.39 Å². The average molecular weight is 265 g/mol. The zero-order chi connectivity index (χ0) is 13.8. The third-order valence-corrected chi connectivity index (χ3v) is 2.46. The summed E-state index contributed by atoms with van der Waals surface area (Å²) in [5, 5.41) is 13.4. The van der Waals surface area contributed by atoms with Gasteiger partial charge in [-0.25, -0.2) is 4.39 Å². The highest BCUT2D eigenvalue weighted by Crippen LogP contribution is 2.22. The van der Waals surface area contributed by atoms with Gasteiger partial charge in [0.25, 0.3) is 0 Å². The number of aromatic nitrogens is 1. The molecule has 0 saturated carbocycles. The number of halogens is 2. The summed E-state index contributed by atoms with van der Waals surface area (Å²) in [6.07, 6.45) is 3.10. The normalized spacial score (nSPS) is 10.2. The summed E-state index contributed by atoms with van der Waals surface area (Å²) in [7, 11) is 0. The Balaban J connectivity index is 2.21. The summed E-state index contributed by atoms with van der Waals surface area (Å²) >= 11 is 0. The first-order valence-corrected chi connectivity index (χ1v) is 5.34. The topological polar surface area (TPSA) is 68.1 Å². The molecule has 1 heterocycles. The van der Waals surface area contributed by atoms with Crippen LogP contribution in [0.1, 0.15) is 5.56 Å². The van der Waals surface area contributed by atoms with E-state index in [0.717, 1.165) is 6.07 Å². The quantitative estimate of drug-likeness (QED) is 0.681. The smallest absolute Gasteiger partial charge is 0.305 e. The van der Waals surface area contributed by atoms with Gasteiger partial charge in [-0.3, -0.25) is 15.1 Å². The first-order chi connectivity index (χ1) is 9.08. The first-order valence-electron chi connectivity index (χ1n) is 5.34. The maximum absolute atomic E-state index is 13.5. The highest BCUT2D eigenvalue weighted by Gasteiger charge is 2.18. The number of nitro groups is 1. The molecule has 5 nitrogen and oxygen atoms in total. The summed E-state index contributed by atoms with van der Waals surface area (Å²) in [6.45, 7) is -0.00134. The minimum absolute atomic E-state index is 0.00134. The van der Waals surface area contributed by atoms with Crippen molar-refractivity contribution in [3.05, 3.63) is 64.0 Å². The third-order valence-electron chi connectivity index (χ3n) is 2.46. The molecule has 0 fully saturated rings. The molecule has 0 aliphatic heterocycles. The number of hydrogen-bond donors (Lipinski definition) is 1. The monoisotopic (exact) mass is 265 g/mol. The Hall–Kier alpha value is -2.57. The van der Waals surface area contributed by atoms with Gasteiger partial charge in [0, 0.05) is 36.6 Å². The van der Waals surface area contributed by atoms with Crippen molar-refractivity contribution in [2.24, 2.45) is 0 Å². The van der Waals surface area contributed by atoms with Crippen LogP contribution in [0.4, 0.5) is 20.2 Å². The molecule has 2 aromatic rings. The van der Waals surface area contributed by atoms with Crippen molar-refractivity contribution < 1.29 is 13.7 Å². The van der Waals surface area contributed by atoms with Crippen LogP contribution in [0.25, 0.3) is 0 Å². The van der Waals surface area contributed by atoms with Gasteiger partial charge in [0.15, 0.2) is 0 Å². The van der Waals surface area contributed by atoms with E-state index in [1.54, 1.807) is 18.3 Å².